The molecule has 0 heterocycles. The lowest BCUT2D eigenvalue weighted by Gasteiger charge is -2.58. The molecule has 4 fully saturated rings. The predicted molar refractivity (Wildman–Crippen MR) is 75.5 cm³/mol. The summed E-state index contributed by atoms with van der Waals surface area (Å²) in [6, 6.07) is 0.640. The van der Waals surface area contributed by atoms with Gasteiger partial charge in [0.25, 0.3) is 5.91 Å². The lowest BCUT2D eigenvalue weighted by Crippen LogP contribution is -2.98. The number of amides is 1. The molecule has 3 N–H and O–H groups in total. The molecule has 2 atom stereocenters. The first-order chi connectivity index (χ1) is 9.02. The van der Waals surface area contributed by atoms with Crippen LogP contribution in [0.25, 0.3) is 0 Å². The molecule has 0 unspecified atom stereocenters. The highest BCUT2D eigenvalue weighted by Crippen LogP contribution is 2.60. The van der Waals surface area contributed by atoms with Gasteiger partial charge in [0.2, 0.25) is 0 Å². The Morgan fingerprint density at radius 2 is 1.58 bits per heavy atom. The van der Waals surface area contributed by atoms with Crippen LogP contribution in [0.3, 0.4) is 0 Å². The van der Waals surface area contributed by atoms with Crippen molar-refractivity contribution in [2.24, 2.45) is 23.2 Å². The van der Waals surface area contributed by atoms with Crippen molar-refractivity contribution in [2.75, 3.05) is 7.05 Å². The third-order valence-corrected chi connectivity index (χ3v) is 6.29. The van der Waals surface area contributed by atoms with Gasteiger partial charge in [0, 0.05) is 12.5 Å². The van der Waals surface area contributed by atoms with Gasteiger partial charge in [-0.1, -0.05) is 0 Å². The van der Waals surface area contributed by atoms with Crippen LogP contribution in [-0.4, -0.2) is 25.0 Å². The zero-order chi connectivity index (χ0) is 13.6. The average molecular weight is 265 g/mol. The first-order valence-corrected chi connectivity index (χ1v) is 8.09. The summed E-state index contributed by atoms with van der Waals surface area (Å²) in [5.41, 5.74) is 0.539. The molecule has 0 aromatic heterocycles. The Bertz CT molecular complexity index is 330. The Morgan fingerprint density at radius 1 is 1.11 bits per heavy atom. The van der Waals surface area contributed by atoms with E-state index in [1.807, 2.05) is 6.92 Å². The summed E-state index contributed by atoms with van der Waals surface area (Å²) in [6.45, 7) is 4.41. The van der Waals surface area contributed by atoms with Crippen molar-refractivity contribution < 1.29 is 10.1 Å². The van der Waals surface area contributed by atoms with Gasteiger partial charge in [-0.05, 0) is 70.1 Å². The number of quaternary nitrogens is 1. The number of hydrogen-bond acceptors (Lipinski definition) is 1. The Morgan fingerprint density at radius 3 is 2.00 bits per heavy atom. The van der Waals surface area contributed by atoms with Crippen molar-refractivity contribution in [1.29, 1.82) is 0 Å². The summed E-state index contributed by atoms with van der Waals surface area (Å²) in [5.74, 6) is 3.16. The quantitative estimate of drug-likeness (QED) is 0.790. The number of hydrogen-bond donors (Lipinski definition) is 2. The molecule has 3 heteroatoms. The molecule has 19 heavy (non-hydrogen) atoms. The lowest BCUT2D eigenvalue weighted by atomic mass is 9.48. The van der Waals surface area contributed by atoms with E-state index in [1.54, 1.807) is 7.05 Å². The summed E-state index contributed by atoms with van der Waals surface area (Å²) in [4.78, 5) is 11.7. The van der Waals surface area contributed by atoms with E-state index in [9.17, 15) is 4.79 Å². The van der Waals surface area contributed by atoms with Crippen molar-refractivity contribution in [2.45, 2.75) is 64.5 Å². The topological polar surface area (TPSA) is 45.7 Å². The molecule has 0 spiro atoms. The fourth-order valence-corrected chi connectivity index (χ4v) is 5.69. The van der Waals surface area contributed by atoms with Crippen molar-refractivity contribution in [1.82, 2.24) is 5.32 Å². The normalized spacial score (nSPS) is 43.0. The molecular formula is C16H29N2O+. The van der Waals surface area contributed by atoms with Crippen molar-refractivity contribution in [3.05, 3.63) is 0 Å². The standard InChI is InChI=1S/C16H28N2O/c1-10(15(19)17-3)18-11(2)16-7-12-4-13(8-16)6-14(5-12)9-16/h10-14,18H,4-9H2,1-3H3,(H,17,19)/p+1/t10-,11+,12?,13?,14?,16?/m0/s1. The van der Waals surface area contributed by atoms with E-state index in [1.165, 1.54) is 38.5 Å². The van der Waals surface area contributed by atoms with E-state index in [0.717, 1.165) is 17.8 Å². The molecule has 4 bridgehead atoms. The minimum Gasteiger partial charge on any atom is -0.354 e. The lowest BCUT2D eigenvalue weighted by molar-refractivity contribution is -0.719. The number of rotatable bonds is 4. The van der Waals surface area contributed by atoms with Crippen molar-refractivity contribution >= 4 is 5.91 Å². The highest BCUT2D eigenvalue weighted by atomic mass is 16.2. The second-order valence-electron chi connectivity index (χ2n) is 7.66. The Labute approximate surface area is 116 Å². The van der Waals surface area contributed by atoms with Gasteiger partial charge in [0.05, 0.1) is 6.04 Å². The summed E-state index contributed by atoms with van der Waals surface area (Å²) in [7, 11) is 1.74. The number of carbonyl (C=O) groups is 1. The molecule has 4 rings (SSSR count). The molecule has 1 amide bonds. The molecule has 4 saturated carbocycles. The van der Waals surface area contributed by atoms with Gasteiger partial charge in [0.15, 0.2) is 6.04 Å². The van der Waals surface area contributed by atoms with Crippen LogP contribution in [0.5, 0.6) is 0 Å². The molecule has 108 valence electrons. The molecule has 0 aliphatic heterocycles. The molecule has 0 aromatic rings. The van der Waals surface area contributed by atoms with Gasteiger partial charge in [0.1, 0.15) is 0 Å². The van der Waals surface area contributed by atoms with Crippen LogP contribution in [0.4, 0.5) is 0 Å². The zero-order valence-electron chi connectivity index (χ0n) is 12.6. The average Bonchev–Trinajstić information content (AvgIpc) is 2.36. The molecule has 0 radical (unpaired) electrons. The number of likely N-dealkylation sites (N-methyl/N-ethyl adjacent to an activating group) is 1. The fourth-order valence-electron chi connectivity index (χ4n) is 5.69. The summed E-state index contributed by atoms with van der Waals surface area (Å²) < 4.78 is 0. The second-order valence-corrected chi connectivity index (χ2v) is 7.66. The molecule has 0 aromatic carbocycles. The van der Waals surface area contributed by atoms with Gasteiger partial charge in [-0.25, -0.2) is 0 Å². The first kappa shape index (κ1) is 13.4. The molecule has 4 aliphatic carbocycles. The summed E-state index contributed by atoms with van der Waals surface area (Å²) in [6.07, 6.45) is 8.77. The minimum atomic E-state index is 0.0491. The SMILES string of the molecule is CNC(=O)[C@H](C)[NH2+][C@H](C)C12CC3CC(CC(C3)C1)C2. The molecule has 0 saturated heterocycles. The Balaban J connectivity index is 1.69. The molecule has 4 aliphatic rings. The van der Waals surface area contributed by atoms with E-state index in [4.69, 9.17) is 0 Å². The highest BCUT2D eigenvalue weighted by Gasteiger charge is 2.54. The van der Waals surface area contributed by atoms with E-state index in [-0.39, 0.29) is 11.9 Å². The monoisotopic (exact) mass is 265 g/mol. The van der Waals surface area contributed by atoms with Crippen molar-refractivity contribution in [3.63, 3.8) is 0 Å². The number of nitrogens with two attached hydrogens (primary N) is 1. The largest absolute Gasteiger partial charge is 0.354 e. The maximum atomic E-state index is 11.7. The van der Waals surface area contributed by atoms with Crippen LogP contribution in [-0.2, 0) is 4.79 Å². The highest BCUT2D eigenvalue weighted by molar-refractivity contribution is 5.79. The maximum Gasteiger partial charge on any atom is 0.277 e. The van der Waals surface area contributed by atoms with Crippen LogP contribution < -0.4 is 10.6 Å². The van der Waals surface area contributed by atoms with Crippen molar-refractivity contribution in [3.8, 4) is 0 Å². The number of nitrogens with one attached hydrogen (secondary N) is 1. The smallest absolute Gasteiger partial charge is 0.277 e. The third kappa shape index (κ3) is 2.31. The van der Waals surface area contributed by atoms with Crippen LogP contribution in [0.15, 0.2) is 0 Å². The zero-order valence-corrected chi connectivity index (χ0v) is 12.6. The number of carbonyl (C=O) groups excluding carboxylic acids is 1. The van der Waals surface area contributed by atoms with Gasteiger partial charge in [-0.3, -0.25) is 4.79 Å². The molecular weight excluding hydrogens is 236 g/mol. The first-order valence-electron chi connectivity index (χ1n) is 8.09. The Kier molecular flexibility index (Phi) is 3.36. The van der Waals surface area contributed by atoms with E-state index >= 15 is 0 Å². The Hall–Kier alpha value is -0.570. The molecule has 3 nitrogen and oxygen atoms in total. The minimum absolute atomic E-state index is 0.0491. The predicted octanol–water partition coefficient (Wildman–Crippen LogP) is 1.29. The van der Waals surface area contributed by atoms with E-state index in [2.05, 4.69) is 17.6 Å². The second kappa shape index (κ2) is 4.76. The van der Waals surface area contributed by atoms with Gasteiger partial charge in [-0.15, -0.1) is 0 Å². The summed E-state index contributed by atoms with van der Waals surface area (Å²) in [5, 5.41) is 5.10. The summed E-state index contributed by atoms with van der Waals surface area (Å²) >= 11 is 0. The van der Waals surface area contributed by atoms with Gasteiger partial charge >= 0.3 is 0 Å². The van der Waals surface area contributed by atoms with Gasteiger partial charge < -0.3 is 10.6 Å². The van der Waals surface area contributed by atoms with Crippen LogP contribution in [0.1, 0.15) is 52.4 Å². The van der Waals surface area contributed by atoms with E-state index < -0.39 is 0 Å². The van der Waals surface area contributed by atoms with Crippen LogP contribution >= 0.6 is 0 Å². The maximum absolute atomic E-state index is 11.7. The third-order valence-electron chi connectivity index (χ3n) is 6.29. The van der Waals surface area contributed by atoms with E-state index in [0.29, 0.717) is 11.5 Å². The van der Waals surface area contributed by atoms with Crippen LogP contribution in [0, 0.1) is 23.2 Å². The van der Waals surface area contributed by atoms with Crippen LogP contribution in [0.2, 0.25) is 0 Å². The fraction of sp³-hybridized carbons (Fsp3) is 0.938. The van der Waals surface area contributed by atoms with Gasteiger partial charge in [-0.2, -0.15) is 0 Å².